The highest BCUT2D eigenvalue weighted by Crippen LogP contribution is 2.46. The quantitative estimate of drug-likeness (QED) is 0.611. The molecule has 0 saturated carbocycles. The van der Waals surface area contributed by atoms with Gasteiger partial charge in [0.25, 0.3) is 0 Å². The lowest BCUT2D eigenvalue weighted by Crippen LogP contribution is -2.33. The first-order valence-corrected chi connectivity index (χ1v) is 6.60. The fourth-order valence-electron chi connectivity index (χ4n) is 1.14. The molecule has 0 fully saturated rings. The molecule has 2 atom stereocenters. The largest absolute Gasteiger partial charge is 0.354 e. The molecule has 0 saturated heterocycles. The Morgan fingerprint density at radius 2 is 1.88 bits per heavy atom. The molecule has 0 aromatic carbocycles. The van der Waals surface area contributed by atoms with Crippen molar-refractivity contribution in [3.8, 4) is 0 Å². The molecule has 1 aromatic heterocycles. The minimum atomic E-state index is -4.28. The van der Waals surface area contributed by atoms with Gasteiger partial charge in [-0.25, -0.2) is 0 Å². The topological polar surface area (TPSA) is 12.9 Å². The average Bonchev–Trinajstić information content (AvgIpc) is 2.26. The number of alkyl halides is 4. The lowest BCUT2D eigenvalue weighted by molar-refractivity contribution is -0.162. The van der Waals surface area contributed by atoms with Crippen LogP contribution >= 0.6 is 21.0 Å². The highest BCUT2D eigenvalue weighted by atomic mass is 32.2. The van der Waals surface area contributed by atoms with Gasteiger partial charge in [-0.15, -0.1) is 0 Å². The number of halogens is 4. The normalized spacial score (nSPS) is 14.8. The van der Waals surface area contributed by atoms with Crippen molar-refractivity contribution in [3.63, 3.8) is 0 Å². The third kappa shape index (κ3) is 3.10. The van der Waals surface area contributed by atoms with Crippen LogP contribution in [-0.2, 0) is 5.92 Å². The molecule has 0 amide bonds. The van der Waals surface area contributed by atoms with Crippen molar-refractivity contribution in [3.05, 3.63) is 29.6 Å². The molecular weight excluding hydrogens is 273 g/mol. The summed E-state index contributed by atoms with van der Waals surface area (Å²) < 4.78 is 51.8. The molecule has 0 radical (unpaired) electrons. The number of hydrogen-bond acceptors (Lipinski definition) is 2. The smallest absolute Gasteiger partial charge is 0.254 e. The maximum atomic E-state index is 13.2. The fourth-order valence-corrected chi connectivity index (χ4v) is 1.70. The van der Waals surface area contributed by atoms with Gasteiger partial charge in [0.05, 0.1) is 0 Å². The average molecular weight is 285 g/mol. The second-order valence-corrected chi connectivity index (χ2v) is 5.46. The molecule has 1 nitrogen and oxygen atoms in total. The van der Waals surface area contributed by atoms with Crippen molar-refractivity contribution in [2.75, 3.05) is 6.26 Å². The number of rotatable bonds is 4. The predicted octanol–water partition coefficient (Wildman–Crippen LogP) is 4.07. The number of pyridine rings is 1. The molecule has 7 heteroatoms. The first kappa shape index (κ1) is 14.7. The Hall–Kier alpha value is -0.350. The number of thioether (sulfide) groups is 1. The number of aromatic nitrogens is 1. The highest BCUT2D eigenvalue weighted by molar-refractivity contribution is 7.98. The van der Waals surface area contributed by atoms with Gasteiger partial charge in [-0.1, -0.05) is 15.3 Å². The van der Waals surface area contributed by atoms with E-state index in [1.54, 1.807) is 0 Å². The molecule has 0 aliphatic rings. The van der Waals surface area contributed by atoms with Crippen LogP contribution in [0.25, 0.3) is 0 Å². The van der Waals surface area contributed by atoms with Crippen LogP contribution < -0.4 is 0 Å². The molecular formula is C10H12F4NPS. The molecule has 1 heterocycles. The Bertz CT molecular complexity index is 377. The fraction of sp³-hybridized carbons (Fsp3) is 0.500. The molecule has 0 aliphatic heterocycles. The first-order valence-electron chi connectivity index (χ1n) is 4.74. The Morgan fingerprint density at radius 3 is 2.24 bits per heavy atom. The van der Waals surface area contributed by atoms with Gasteiger partial charge in [0.1, 0.15) is 5.69 Å². The van der Waals surface area contributed by atoms with E-state index in [2.05, 4.69) is 4.98 Å². The second kappa shape index (κ2) is 5.11. The van der Waals surface area contributed by atoms with Crippen molar-refractivity contribution in [2.24, 2.45) is 0 Å². The van der Waals surface area contributed by atoms with E-state index in [1.807, 2.05) is 13.2 Å². The first-order chi connectivity index (χ1) is 7.70. The van der Waals surface area contributed by atoms with E-state index in [1.165, 1.54) is 24.0 Å². The van der Waals surface area contributed by atoms with E-state index in [9.17, 15) is 17.6 Å². The molecule has 17 heavy (non-hydrogen) atoms. The Kier molecular flexibility index (Phi) is 4.42. The summed E-state index contributed by atoms with van der Waals surface area (Å²) in [5.41, 5.74) is -4.40. The SMILES string of the molecule is CSC(C)c1ccc(C(F)(F)C(F)(F)P)nc1. The molecule has 1 rings (SSSR count). The molecule has 1 aromatic rings. The van der Waals surface area contributed by atoms with Crippen molar-refractivity contribution >= 4 is 21.0 Å². The molecule has 0 N–H and O–H groups in total. The van der Waals surface area contributed by atoms with Gasteiger partial charge in [-0.3, -0.25) is 4.98 Å². The van der Waals surface area contributed by atoms with Gasteiger partial charge in [0.2, 0.25) is 0 Å². The minimum Gasteiger partial charge on any atom is -0.254 e. The van der Waals surface area contributed by atoms with E-state index >= 15 is 0 Å². The van der Waals surface area contributed by atoms with Gasteiger partial charge in [-0.2, -0.15) is 29.3 Å². The highest BCUT2D eigenvalue weighted by Gasteiger charge is 2.54. The lowest BCUT2D eigenvalue weighted by atomic mass is 10.1. The van der Waals surface area contributed by atoms with Gasteiger partial charge < -0.3 is 0 Å². The van der Waals surface area contributed by atoms with Gasteiger partial charge in [0.15, 0.2) is 0 Å². The van der Waals surface area contributed by atoms with E-state index < -0.39 is 17.3 Å². The van der Waals surface area contributed by atoms with Gasteiger partial charge in [0, 0.05) is 11.4 Å². The maximum Gasteiger partial charge on any atom is 0.354 e. The van der Waals surface area contributed by atoms with Crippen molar-refractivity contribution in [1.82, 2.24) is 4.98 Å². The van der Waals surface area contributed by atoms with Crippen LogP contribution in [0.3, 0.4) is 0 Å². The molecule has 0 spiro atoms. The van der Waals surface area contributed by atoms with E-state index in [4.69, 9.17) is 0 Å². The molecule has 96 valence electrons. The van der Waals surface area contributed by atoms with Crippen LogP contribution in [0.4, 0.5) is 17.6 Å². The Labute approximate surface area is 104 Å². The standard InChI is InChI=1S/C10H12F4NPS/c1-6(17-2)7-3-4-8(15-5-7)9(11,12)10(13,14)16/h3-6H,16H2,1-2H3. The summed E-state index contributed by atoms with van der Waals surface area (Å²) in [5.74, 6) is -4.28. The van der Waals surface area contributed by atoms with Crippen LogP contribution in [0.5, 0.6) is 0 Å². The molecule has 0 aliphatic carbocycles. The van der Waals surface area contributed by atoms with Crippen molar-refractivity contribution in [1.29, 1.82) is 0 Å². The maximum absolute atomic E-state index is 13.2. The lowest BCUT2D eigenvalue weighted by Gasteiger charge is -2.22. The summed E-state index contributed by atoms with van der Waals surface area (Å²) in [5, 5.41) is 0.0849. The van der Waals surface area contributed by atoms with E-state index in [0.717, 1.165) is 20.9 Å². The van der Waals surface area contributed by atoms with Crippen LogP contribution in [0.2, 0.25) is 0 Å². The van der Waals surface area contributed by atoms with Crippen molar-refractivity contribution < 1.29 is 17.6 Å². The zero-order valence-corrected chi connectivity index (χ0v) is 11.2. The van der Waals surface area contributed by atoms with Crippen molar-refractivity contribution in [2.45, 2.75) is 23.8 Å². The Morgan fingerprint density at radius 1 is 1.29 bits per heavy atom. The Balaban J connectivity index is 3.03. The van der Waals surface area contributed by atoms with Crippen LogP contribution in [0, 0.1) is 0 Å². The van der Waals surface area contributed by atoms with Crippen LogP contribution in [0.1, 0.15) is 23.4 Å². The number of nitrogens with zero attached hydrogens (tertiary/aromatic N) is 1. The predicted molar refractivity (Wildman–Crippen MR) is 64.7 cm³/mol. The monoisotopic (exact) mass is 285 g/mol. The summed E-state index contributed by atoms with van der Waals surface area (Å²) in [4.78, 5) is 3.43. The van der Waals surface area contributed by atoms with Crippen LogP contribution in [-0.4, -0.2) is 16.9 Å². The van der Waals surface area contributed by atoms with E-state index in [0.29, 0.717) is 0 Å². The summed E-state index contributed by atoms with van der Waals surface area (Å²) in [6, 6.07) is 2.34. The second-order valence-electron chi connectivity index (χ2n) is 3.55. The van der Waals surface area contributed by atoms with E-state index in [-0.39, 0.29) is 5.25 Å². The van der Waals surface area contributed by atoms with Crippen LogP contribution in [0.15, 0.2) is 18.3 Å². The summed E-state index contributed by atoms with van der Waals surface area (Å²) in [6.45, 7) is 1.88. The summed E-state index contributed by atoms with van der Waals surface area (Å²) in [7, 11) is 0.847. The minimum absolute atomic E-state index is 0.0849. The molecule has 0 bridgehead atoms. The third-order valence-electron chi connectivity index (χ3n) is 2.35. The zero-order chi connectivity index (χ0) is 13.3. The van der Waals surface area contributed by atoms with Gasteiger partial charge in [-0.05, 0) is 24.8 Å². The summed E-state index contributed by atoms with van der Waals surface area (Å²) >= 11 is 1.52. The van der Waals surface area contributed by atoms with Gasteiger partial charge >= 0.3 is 11.6 Å². The number of hydrogen-bond donors (Lipinski definition) is 0. The third-order valence-corrected chi connectivity index (χ3v) is 3.69. The zero-order valence-electron chi connectivity index (χ0n) is 9.25. The summed E-state index contributed by atoms with van der Waals surface area (Å²) in [6.07, 6.45) is 3.07. The molecule has 2 unspecified atom stereocenters.